The summed E-state index contributed by atoms with van der Waals surface area (Å²) >= 11 is 0. The maximum Gasteiger partial charge on any atom is 0.302 e. The summed E-state index contributed by atoms with van der Waals surface area (Å²) in [5.41, 5.74) is 0.465. The Bertz CT molecular complexity index is 972. The number of fused-ring (bicyclic) bond motifs is 5. The lowest BCUT2D eigenvalue weighted by Gasteiger charge is -2.65. The van der Waals surface area contributed by atoms with Crippen molar-refractivity contribution < 1.29 is 34.3 Å². The van der Waals surface area contributed by atoms with Crippen LogP contribution in [0.3, 0.4) is 0 Å². The number of hydrogen-bond donors (Lipinski definition) is 3. The Labute approximate surface area is 188 Å². The van der Waals surface area contributed by atoms with Crippen molar-refractivity contribution in [3.05, 3.63) is 22.8 Å². The minimum absolute atomic E-state index is 0.124. The van der Waals surface area contributed by atoms with E-state index < -0.39 is 40.9 Å². The lowest BCUT2D eigenvalue weighted by Crippen LogP contribution is -2.69. The Morgan fingerprint density at radius 2 is 1.94 bits per heavy atom. The molecule has 0 saturated heterocycles. The third-order valence-electron chi connectivity index (χ3n) is 9.23. The monoisotopic (exact) mass is 446 g/mol. The number of aliphatic hydroxyl groups excluding tert-OH is 2. The number of ether oxygens (including phenoxy) is 3. The predicted octanol–water partition coefficient (Wildman–Crippen LogP) is 3.36. The first kappa shape index (κ1) is 22.0. The van der Waals surface area contributed by atoms with Gasteiger partial charge in [0.2, 0.25) is 0 Å². The average Bonchev–Trinajstić information content (AvgIpc) is 3.27. The van der Waals surface area contributed by atoms with Crippen LogP contribution in [-0.4, -0.2) is 39.1 Å². The normalized spacial score (nSPS) is 41.5. The molecule has 4 aliphatic rings. The SMILES string of the molecule is CC(=O)OC1CC2(C)C(CCC(C)C23Cc2c(O)cc4c(c2O3)C(O)OC4)C(C)(C)C1O. The zero-order valence-corrected chi connectivity index (χ0v) is 19.5. The van der Waals surface area contributed by atoms with E-state index in [-0.39, 0.29) is 24.2 Å². The number of benzene rings is 1. The highest BCUT2D eigenvalue weighted by Crippen LogP contribution is 2.67. The third kappa shape index (κ3) is 2.68. The van der Waals surface area contributed by atoms with Gasteiger partial charge in [0, 0.05) is 24.3 Å². The predicted molar refractivity (Wildman–Crippen MR) is 115 cm³/mol. The van der Waals surface area contributed by atoms with Crippen LogP contribution in [0.25, 0.3) is 0 Å². The number of hydrogen-bond acceptors (Lipinski definition) is 7. The summed E-state index contributed by atoms with van der Waals surface area (Å²) in [5, 5.41) is 32.5. The van der Waals surface area contributed by atoms with E-state index in [1.807, 2.05) is 0 Å². The molecule has 5 rings (SSSR count). The molecule has 7 heteroatoms. The standard InChI is InChI=1S/C25H34O7/c1-12-6-7-18-23(3,4)21(28)17(31-13(2)26)10-24(18,5)25(12)9-15-16(27)8-14-11-30-22(29)19(14)20(15)32-25/h8,12,17-18,21-22,27-29H,6-7,9-11H2,1-5H3. The van der Waals surface area contributed by atoms with Gasteiger partial charge in [0.05, 0.1) is 18.3 Å². The Hall–Kier alpha value is -1.83. The maximum absolute atomic E-state index is 11.9. The molecule has 7 atom stereocenters. The molecule has 176 valence electrons. The highest BCUT2D eigenvalue weighted by molar-refractivity contribution is 5.66. The zero-order chi connectivity index (χ0) is 23.2. The first-order valence-electron chi connectivity index (χ1n) is 11.6. The van der Waals surface area contributed by atoms with Crippen molar-refractivity contribution >= 4 is 5.97 Å². The molecule has 32 heavy (non-hydrogen) atoms. The van der Waals surface area contributed by atoms with E-state index in [1.54, 1.807) is 6.07 Å². The second kappa shape index (κ2) is 6.84. The highest BCUT2D eigenvalue weighted by atomic mass is 16.6. The van der Waals surface area contributed by atoms with Gasteiger partial charge in [-0.3, -0.25) is 4.79 Å². The van der Waals surface area contributed by atoms with Gasteiger partial charge >= 0.3 is 5.97 Å². The van der Waals surface area contributed by atoms with E-state index >= 15 is 0 Å². The molecule has 7 unspecified atom stereocenters. The molecule has 2 aliphatic heterocycles. The number of phenolic OH excluding ortho intramolecular Hbond substituents is 1. The summed E-state index contributed by atoms with van der Waals surface area (Å²) in [4.78, 5) is 11.9. The van der Waals surface area contributed by atoms with Gasteiger partial charge in [0.15, 0.2) is 6.29 Å². The maximum atomic E-state index is 11.9. The lowest BCUT2D eigenvalue weighted by atomic mass is 9.43. The summed E-state index contributed by atoms with van der Waals surface area (Å²) in [7, 11) is 0. The minimum Gasteiger partial charge on any atom is -0.508 e. The highest BCUT2D eigenvalue weighted by Gasteiger charge is 2.69. The smallest absolute Gasteiger partial charge is 0.302 e. The summed E-state index contributed by atoms with van der Waals surface area (Å²) in [6, 6.07) is 1.68. The van der Waals surface area contributed by atoms with E-state index in [0.29, 0.717) is 29.7 Å². The fourth-order valence-corrected chi connectivity index (χ4v) is 7.63. The second-order valence-electron chi connectivity index (χ2n) is 11.2. The molecule has 2 aliphatic carbocycles. The van der Waals surface area contributed by atoms with Gasteiger partial charge in [-0.05, 0) is 48.1 Å². The van der Waals surface area contributed by atoms with Gasteiger partial charge in [0.1, 0.15) is 23.2 Å². The van der Waals surface area contributed by atoms with Crippen LogP contribution < -0.4 is 4.74 Å². The molecule has 2 heterocycles. The number of esters is 1. The van der Waals surface area contributed by atoms with Crippen LogP contribution in [0, 0.1) is 22.7 Å². The molecule has 0 bridgehead atoms. The molecule has 1 spiro atoms. The molecule has 0 radical (unpaired) electrons. The van der Waals surface area contributed by atoms with Crippen LogP contribution in [0.4, 0.5) is 0 Å². The minimum atomic E-state index is -1.07. The van der Waals surface area contributed by atoms with Gasteiger partial charge < -0.3 is 29.5 Å². The van der Waals surface area contributed by atoms with Crippen LogP contribution in [-0.2, 0) is 27.3 Å². The topological polar surface area (TPSA) is 105 Å². The number of phenols is 1. The van der Waals surface area contributed by atoms with E-state index in [0.717, 1.165) is 18.4 Å². The van der Waals surface area contributed by atoms with E-state index in [2.05, 4.69) is 27.7 Å². The molecule has 3 N–H and O–H groups in total. The molecule has 0 amide bonds. The van der Waals surface area contributed by atoms with E-state index in [4.69, 9.17) is 14.2 Å². The Balaban J connectivity index is 1.64. The van der Waals surface area contributed by atoms with Gasteiger partial charge in [-0.1, -0.05) is 27.7 Å². The van der Waals surface area contributed by atoms with Crippen molar-refractivity contribution in [3.63, 3.8) is 0 Å². The van der Waals surface area contributed by atoms with Gasteiger partial charge in [-0.2, -0.15) is 0 Å². The van der Waals surface area contributed by atoms with Crippen LogP contribution in [0.2, 0.25) is 0 Å². The summed E-state index contributed by atoms with van der Waals surface area (Å²) in [6.45, 7) is 10.1. The van der Waals surface area contributed by atoms with Crippen LogP contribution >= 0.6 is 0 Å². The third-order valence-corrected chi connectivity index (χ3v) is 9.23. The van der Waals surface area contributed by atoms with Crippen LogP contribution in [0.1, 0.15) is 76.9 Å². The molecule has 2 saturated carbocycles. The zero-order valence-electron chi connectivity index (χ0n) is 19.5. The Kier molecular flexibility index (Phi) is 4.70. The molecule has 7 nitrogen and oxygen atoms in total. The Morgan fingerprint density at radius 1 is 1.22 bits per heavy atom. The van der Waals surface area contributed by atoms with Gasteiger partial charge in [0.25, 0.3) is 0 Å². The summed E-state index contributed by atoms with van der Waals surface area (Å²) in [5.74, 6) is 0.578. The van der Waals surface area contributed by atoms with Crippen molar-refractivity contribution in [2.75, 3.05) is 0 Å². The van der Waals surface area contributed by atoms with Crippen LogP contribution in [0.15, 0.2) is 6.07 Å². The molecule has 1 aromatic rings. The van der Waals surface area contributed by atoms with Gasteiger partial charge in [-0.25, -0.2) is 0 Å². The summed E-state index contributed by atoms with van der Waals surface area (Å²) < 4.78 is 17.9. The van der Waals surface area contributed by atoms with Crippen LogP contribution in [0.5, 0.6) is 11.5 Å². The lowest BCUT2D eigenvalue weighted by molar-refractivity contribution is -0.245. The van der Waals surface area contributed by atoms with Gasteiger partial charge in [-0.15, -0.1) is 0 Å². The fraction of sp³-hybridized carbons (Fsp3) is 0.720. The summed E-state index contributed by atoms with van der Waals surface area (Å²) in [6.07, 6.45) is 0.355. The van der Waals surface area contributed by atoms with Crippen molar-refractivity contribution in [1.29, 1.82) is 0 Å². The quantitative estimate of drug-likeness (QED) is 0.568. The average molecular weight is 447 g/mol. The molecule has 2 fully saturated rings. The van der Waals surface area contributed by atoms with Crippen molar-refractivity contribution in [2.45, 2.75) is 91.0 Å². The Morgan fingerprint density at radius 3 is 2.62 bits per heavy atom. The molecular weight excluding hydrogens is 412 g/mol. The number of carbonyl (C=O) groups is 1. The number of aromatic hydroxyl groups is 1. The first-order valence-corrected chi connectivity index (χ1v) is 11.6. The van der Waals surface area contributed by atoms with E-state index in [1.165, 1.54) is 6.92 Å². The molecule has 0 aromatic heterocycles. The first-order chi connectivity index (χ1) is 14.9. The van der Waals surface area contributed by atoms with Crippen molar-refractivity contribution in [1.82, 2.24) is 0 Å². The largest absolute Gasteiger partial charge is 0.508 e. The molecule has 1 aromatic carbocycles. The number of carbonyl (C=O) groups excluding carboxylic acids is 1. The molecular formula is C25H34O7. The van der Waals surface area contributed by atoms with Crippen molar-refractivity contribution in [3.8, 4) is 11.5 Å². The van der Waals surface area contributed by atoms with Crippen molar-refractivity contribution in [2.24, 2.45) is 22.7 Å². The fourth-order valence-electron chi connectivity index (χ4n) is 7.63. The number of aliphatic hydroxyl groups is 2. The second-order valence-corrected chi connectivity index (χ2v) is 11.2. The van der Waals surface area contributed by atoms with E-state index in [9.17, 15) is 20.1 Å². The number of rotatable bonds is 1.